The predicted octanol–water partition coefficient (Wildman–Crippen LogP) is 1.94. The highest BCUT2D eigenvalue weighted by Crippen LogP contribution is 2.18. The maximum Gasteiger partial charge on any atom is 0.261 e. The Kier molecular flexibility index (Phi) is 4.58. The van der Waals surface area contributed by atoms with Crippen molar-refractivity contribution < 1.29 is 12.8 Å². The van der Waals surface area contributed by atoms with Crippen LogP contribution in [0.3, 0.4) is 0 Å². The summed E-state index contributed by atoms with van der Waals surface area (Å²) in [7, 11) is -3.84. The molecule has 0 atom stereocenters. The van der Waals surface area contributed by atoms with Gasteiger partial charge in [-0.05, 0) is 30.3 Å². The Bertz CT molecular complexity index is 793. The smallest absolute Gasteiger partial charge is 0.261 e. The minimum Gasteiger partial charge on any atom is -0.320 e. The fraction of sp³-hybridized carbons (Fsp3) is 0.0667. The summed E-state index contributed by atoms with van der Waals surface area (Å²) in [4.78, 5) is -0.165. The number of para-hydroxylation sites is 1. The van der Waals surface area contributed by atoms with Crippen molar-refractivity contribution in [3.8, 4) is 11.8 Å². The minimum absolute atomic E-state index is 0.106. The predicted molar refractivity (Wildman–Crippen MR) is 79.6 cm³/mol. The average molecular weight is 304 g/mol. The zero-order valence-electron chi connectivity index (χ0n) is 11.0. The number of halogens is 1. The van der Waals surface area contributed by atoms with Crippen molar-refractivity contribution in [3.05, 3.63) is 59.9 Å². The molecule has 0 amide bonds. The Morgan fingerprint density at radius 2 is 1.86 bits per heavy atom. The molecular weight excluding hydrogens is 291 g/mol. The Labute approximate surface area is 122 Å². The van der Waals surface area contributed by atoms with Crippen molar-refractivity contribution in [2.24, 2.45) is 5.73 Å². The number of hydrogen-bond donors (Lipinski definition) is 2. The molecule has 0 radical (unpaired) electrons. The van der Waals surface area contributed by atoms with E-state index in [4.69, 9.17) is 5.73 Å². The van der Waals surface area contributed by atoms with E-state index in [0.29, 0.717) is 5.69 Å². The molecular formula is C15H13FN2O2S. The van der Waals surface area contributed by atoms with Crippen LogP contribution < -0.4 is 10.5 Å². The third-order valence-electron chi connectivity index (χ3n) is 2.60. The van der Waals surface area contributed by atoms with Gasteiger partial charge in [0, 0.05) is 5.69 Å². The van der Waals surface area contributed by atoms with E-state index in [2.05, 4.69) is 16.6 Å². The van der Waals surface area contributed by atoms with Crippen molar-refractivity contribution in [1.82, 2.24) is 0 Å². The molecule has 0 aliphatic carbocycles. The highest BCUT2D eigenvalue weighted by atomic mass is 32.2. The van der Waals surface area contributed by atoms with Crippen molar-refractivity contribution in [2.75, 3.05) is 11.3 Å². The monoisotopic (exact) mass is 304 g/mol. The Hall–Kier alpha value is -2.36. The van der Waals surface area contributed by atoms with E-state index >= 15 is 0 Å². The third kappa shape index (κ3) is 3.81. The molecule has 2 rings (SSSR count). The summed E-state index contributed by atoms with van der Waals surface area (Å²) in [6, 6.07) is 11.9. The summed E-state index contributed by atoms with van der Waals surface area (Å²) < 4.78 is 40.5. The Morgan fingerprint density at radius 1 is 1.14 bits per heavy atom. The molecule has 0 aliphatic heterocycles. The Balaban J connectivity index is 2.31. The number of rotatable bonds is 3. The number of hydrogen-bond acceptors (Lipinski definition) is 3. The van der Waals surface area contributed by atoms with Gasteiger partial charge in [0.1, 0.15) is 5.82 Å². The molecule has 0 bridgehead atoms. The molecule has 3 N–H and O–H groups in total. The van der Waals surface area contributed by atoms with E-state index in [1.807, 2.05) is 0 Å². The molecule has 0 saturated carbocycles. The fourth-order valence-electron chi connectivity index (χ4n) is 1.63. The first-order valence-corrected chi connectivity index (χ1v) is 7.57. The molecule has 0 heterocycles. The molecule has 2 aromatic carbocycles. The highest BCUT2D eigenvalue weighted by molar-refractivity contribution is 7.92. The van der Waals surface area contributed by atoms with Gasteiger partial charge in [-0.25, -0.2) is 12.8 Å². The molecule has 0 fully saturated rings. The molecule has 21 heavy (non-hydrogen) atoms. The first kappa shape index (κ1) is 15.0. The van der Waals surface area contributed by atoms with E-state index in [1.165, 1.54) is 12.1 Å². The van der Waals surface area contributed by atoms with Gasteiger partial charge in [0.25, 0.3) is 10.0 Å². The number of sulfonamides is 1. The lowest BCUT2D eigenvalue weighted by Gasteiger charge is -2.08. The second-order valence-corrected chi connectivity index (χ2v) is 5.80. The lowest BCUT2D eigenvalue weighted by molar-refractivity contribution is 0.594. The molecule has 2 aromatic rings. The lowest BCUT2D eigenvalue weighted by Crippen LogP contribution is -2.13. The second kappa shape index (κ2) is 6.39. The van der Waals surface area contributed by atoms with E-state index in [9.17, 15) is 12.8 Å². The number of nitrogens with one attached hydrogen (secondary N) is 1. The first-order chi connectivity index (χ1) is 10.0. The first-order valence-electron chi connectivity index (χ1n) is 6.09. The highest BCUT2D eigenvalue weighted by Gasteiger charge is 2.16. The van der Waals surface area contributed by atoms with Gasteiger partial charge in [-0.15, -0.1) is 0 Å². The van der Waals surface area contributed by atoms with Gasteiger partial charge < -0.3 is 5.73 Å². The fourth-order valence-corrected chi connectivity index (χ4v) is 2.70. The summed E-state index contributed by atoms with van der Waals surface area (Å²) in [5.74, 6) is 4.35. The van der Waals surface area contributed by atoms with E-state index in [0.717, 1.165) is 6.07 Å². The van der Waals surface area contributed by atoms with Gasteiger partial charge in [0.15, 0.2) is 0 Å². The van der Waals surface area contributed by atoms with Gasteiger partial charge in [-0.3, -0.25) is 4.72 Å². The quantitative estimate of drug-likeness (QED) is 0.851. The van der Waals surface area contributed by atoms with Crippen LogP contribution in [0.4, 0.5) is 10.1 Å². The SMILES string of the molecule is NCC#Cc1ccc(S(=O)(=O)Nc2ccccc2)cc1F. The molecule has 0 aromatic heterocycles. The summed E-state index contributed by atoms with van der Waals surface area (Å²) in [6.45, 7) is 0.106. The lowest BCUT2D eigenvalue weighted by atomic mass is 10.2. The van der Waals surface area contributed by atoms with Crippen LogP contribution in [0.5, 0.6) is 0 Å². The molecule has 0 spiro atoms. The van der Waals surface area contributed by atoms with E-state index in [1.54, 1.807) is 30.3 Å². The van der Waals surface area contributed by atoms with Crippen LogP contribution >= 0.6 is 0 Å². The third-order valence-corrected chi connectivity index (χ3v) is 3.98. The summed E-state index contributed by atoms with van der Waals surface area (Å²) in [6.07, 6.45) is 0. The number of benzene rings is 2. The van der Waals surface area contributed by atoms with Crippen molar-refractivity contribution in [1.29, 1.82) is 0 Å². The molecule has 0 unspecified atom stereocenters. The molecule has 0 aliphatic rings. The second-order valence-electron chi connectivity index (χ2n) is 4.12. The average Bonchev–Trinajstić information content (AvgIpc) is 2.46. The van der Waals surface area contributed by atoms with Crippen LogP contribution in [0.25, 0.3) is 0 Å². The van der Waals surface area contributed by atoms with Crippen LogP contribution in [0, 0.1) is 17.7 Å². The van der Waals surface area contributed by atoms with Crippen molar-refractivity contribution in [3.63, 3.8) is 0 Å². The van der Waals surface area contributed by atoms with Crippen molar-refractivity contribution >= 4 is 15.7 Å². The molecule has 108 valence electrons. The zero-order chi connectivity index (χ0) is 15.3. The topological polar surface area (TPSA) is 72.2 Å². The van der Waals surface area contributed by atoms with Crippen molar-refractivity contribution in [2.45, 2.75) is 4.90 Å². The number of anilines is 1. The summed E-state index contributed by atoms with van der Waals surface area (Å²) >= 11 is 0. The number of nitrogens with two attached hydrogens (primary N) is 1. The normalized spacial score (nSPS) is 10.6. The van der Waals surface area contributed by atoms with Gasteiger partial charge in [-0.2, -0.15) is 0 Å². The van der Waals surface area contributed by atoms with Crippen LogP contribution in [0.1, 0.15) is 5.56 Å². The summed E-state index contributed by atoms with van der Waals surface area (Å²) in [5, 5.41) is 0. The maximum absolute atomic E-state index is 13.8. The maximum atomic E-state index is 13.8. The van der Waals surface area contributed by atoms with Gasteiger partial charge in [0.05, 0.1) is 17.0 Å². The van der Waals surface area contributed by atoms with Gasteiger partial charge in [-0.1, -0.05) is 30.0 Å². The largest absolute Gasteiger partial charge is 0.320 e. The van der Waals surface area contributed by atoms with Crippen LogP contribution in [-0.2, 0) is 10.0 Å². The minimum atomic E-state index is -3.84. The van der Waals surface area contributed by atoms with Crippen LogP contribution in [0.15, 0.2) is 53.4 Å². The zero-order valence-corrected chi connectivity index (χ0v) is 11.8. The summed E-state index contributed by atoms with van der Waals surface area (Å²) in [5.41, 5.74) is 5.73. The molecule has 0 saturated heterocycles. The molecule has 4 nitrogen and oxygen atoms in total. The Morgan fingerprint density at radius 3 is 2.48 bits per heavy atom. The van der Waals surface area contributed by atoms with E-state index in [-0.39, 0.29) is 17.0 Å². The van der Waals surface area contributed by atoms with Crippen LogP contribution in [0.2, 0.25) is 0 Å². The van der Waals surface area contributed by atoms with Gasteiger partial charge in [0.2, 0.25) is 0 Å². The molecule has 6 heteroatoms. The standard InChI is InChI=1S/C15H13FN2O2S/c16-15-11-14(9-8-12(15)5-4-10-17)21(19,20)18-13-6-2-1-3-7-13/h1-3,6-9,11,18H,10,17H2. The van der Waals surface area contributed by atoms with Gasteiger partial charge >= 0.3 is 0 Å². The van der Waals surface area contributed by atoms with E-state index < -0.39 is 15.8 Å². The van der Waals surface area contributed by atoms with Crippen LogP contribution in [-0.4, -0.2) is 15.0 Å².